The average molecular weight is 279 g/mol. The number of halogens is 2. The molecule has 2 N–H and O–H groups in total. The molecule has 20 heavy (non-hydrogen) atoms. The Balaban J connectivity index is 2.20. The maximum absolute atomic E-state index is 13.5. The Hall–Kier alpha value is -2.24. The van der Waals surface area contributed by atoms with Gasteiger partial charge in [0.25, 0.3) is 5.91 Å². The molecular formula is C14H15F2N3O. The Labute approximate surface area is 115 Å². The standard InChI is InChI=1S/C14H15F2N3O/c1-14(2,3)10-7-11(19-18-10)17-13(20)8-5-4-6-9(15)12(8)16/h4-7H,1-3H3,(H2,17,18,19,20). The predicted octanol–water partition coefficient (Wildman–Crippen LogP) is 3.24. The zero-order valence-electron chi connectivity index (χ0n) is 11.4. The molecule has 0 spiro atoms. The minimum atomic E-state index is -1.17. The number of carbonyl (C=O) groups excluding carboxylic acids is 1. The fourth-order valence-electron chi connectivity index (χ4n) is 1.63. The second kappa shape index (κ2) is 5.03. The van der Waals surface area contributed by atoms with Crippen LogP contribution >= 0.6 is 0 Å². The molecule has 0 atom stereocenters. The first-order valence-electron chi connectivity index (χ1n) is 6.10. The van der Waals surface area contributed by atoms with Gasteiger partial charge in [0.05, 0.1) is 5.56 Å². The van der Waals surface area contributed by atoms with Crippen molar-refractivity contribution in [3.8, 4) is 0 Å². The van der Waals surface area contributed by atoms with Gasteiger partial charge in [0.2, 0.25) is 0 Å². The van der Waals surface area contributed by atoms with Crippen LogP contribution < -0.4 is 5.32 Å². The first kappa shape index (κ1) is 14.2. The highest BCUT2D eigenvalue weighted by atomic mass is 19.2. The van der Waals surface area contributed by atoms with Crippen molar-refractivity contribution in [1.82, 2.24) is 10.2 Å². The molecule has 0 fully saturated rings. The molecule has 2 rings (SSSR count). The lowest BCUT2D eigenvalue weighted by Crippen LogP contribution is -2.15. The normalized spacial score (nSPS) is 11.4. The highest BCUT2D eigenvalue weighted by Gasteiger charge is 2.19. The minimum absolute atomic E-state index is 0.153. The van der Waals surface area contributed by atoms with Crippen LogP contribution in [0.1, 0.15) is 36.8 Å². The van der Waals surface area contributed by atoms with Gasteiger partial charge in [-0.05, 0) is 12.1 Å². The molecule has 1 heterocycles. The molecule has 4 nitrogen and oxygen atoms in total. The number of carbonyl (C=O) groups is 1. The van der Waals surface area contributed by atoms with Gasteiger partial charge in [-0.1, -0.05) is 26.8 Å². The number of rotatable bonds is 2. The maximum Gasteiger partial charge on any atom is 0.259 e. The first-order chi connectivity index (χ1) is 9.29. The summed E-state index contributed by atoms with van der Waals surface area (Å²) >= 11 is 0. The van der Waals surface area contributed by atoms with Gasteiger partial charge in [-0.15, -0.1) is 0 Å². The van der Waals surface area contributed by atoms with E-state index in [9.17, 15) is 13.6 Å². The summed E-state index contributed by atoms with van der Waals surface area (Å²) in [7, 11) is 0. The lowest BCUT2D eigenvalue weighted by atomic mass is 9.92. The summed E-state index contributed by atoms with van der Waals surface area (Å²) in [6, 6.07) is 5.11. The number of benzene rings is 1. The number of nitrogens with zero attached hydrogens (tertiary/aromatic N) is 1. The van der Waals surface area contributed by atoms with Gasteiger partial charge in [-0.2, -0.15) is 5.10 Å². The van der Waals surface area contributed by atoms with Crippen LogP contribution in [0.2, 0.25) is 0 Å². The van der Waals surface area contributed by atoms with Crippen molar-refractivity contribution >= 4 is 11.7 Å². The molecule has 0 saturated carbocycles. The third-order valence-electron chi connectivity index (χ3n) is 2.82. The molecule has 0 aliphatic carbocycles. The molecule has 1 aromatic carbocycles. The van der Waals surface area contributed by atoms with Gasteiger partial charge < -0.3 is 5.32 Å². The van der Waals surface area contributed by atoms with E-state index in [0.717, 1.165) is 11.8 Å². The quantitative estimate of drug-likeness (QED) is 0.886. The fraction of sp³-hybridized carbons (Fsp3) is 0.286. The number of aromatic nitrogens is 2. The van der Waals surface area contributed by atoms with Crippen molar-refractivity contribution < 1.29 is 13.6 Å². The highest BCUT2D eigenvalue weighted by Crippen LogP contribution is 2.22. The van der Waals surface area contributed by atoms with Crippen molar-refractivity contribution in [2.24, 2.45) is 0 Å². The van der Waals surface area contributed by atoms with E-state index in [1.54, 1.807) is 6.07 Å². The van der Waals surface area contributed by atoms with E-state index in [4.69, 9.17) is 0 Å². The van der Waals surface area contributed by atoms with Crippen LogP contribution in [0, 0.1) is 11.6 Å². The Kier molecular flexibility index (Phi) is 3.57. The zero-order chi connectivity index (χ0) is 14.9. The number of amides is 1. The van der Waals surface area contributed by atoms with Crippen LogP contribution in [-0.4, -0.2) is 16.1 Å². The minimum Gasteiger partial charge on any atom is -0.305 e. The van der Waals surface area contributed by atoms with Crippen LogP contribution in [0.4, 0.5) is 14.6 Å². The van der Waals surface area contributed by atoms with Crippen LogP contribution in [0.15, 0.2) is 24.3 Å². The molecule has 0 bridgehead atoms. The van der Waals surface area contributed by atoms with Crippen molar-refractivity contribution in [3.63, 3.8) is 0 Å². The summed E-state index contributed by atoms with van der Waals surface area (Å²) in [5, 5.41) is 9.15. The summed E-state index contributed by atoms with van der Waals surface area (Å²) in [6.07, 6.45) is 0. The van der Waals surface area contributed by atoms with Crippen LogP contribution in [-0.2, 0) is 5.41 Å². The van der Waals surface area contributed by atoms with Crippen molar-refractivity contribution in [3.05, 3.63) is 47.2 Å². The molecule has 0 aliphatic heterocycles. The topological polar surface area (TPSA) is 57.8 Å². The number of aromatic amines is 1. The molecule has 106 valence electrons. The van der Waals surface area contributed by atoms with Crippen LogP contribution in [0.25, 0.3) is 0 Å². The Morgan fingerprint density at radius 2 is 2.00 bits per heavy atom. The third-order valence-corrected chi connectivity index (χ3v) is 2.82. The van der Waals surface area contributed by atoms with Gasteiger partial charge in [0.15, 0.2) is 17.5 Å². The molecule has 0 saturated heterocycles. The molecule has 1 amide bonds. The molecule has 0 aliphatic rings. The summed E-state index contributed by atoms with van der Waals surface area (Å²) < 4.78 is 26.5. The molecule has 6 heteroatoms. The van der Waals surface area contributed by atoms with E-state index in [2.05, 4.69) is 15.5 Å². The van der Waals surface area contributed by atoms with Crippen molar-refractivity contribution in [2.45, 2.75) is 26.2 Å². The van der Waals surface area contributed by atoms with E-state index in [1.807, 2.05) is 20.8 Å². The highest BCUT2D eigenvalue weighted by molar-refractivity contribution is 6.03. The lowest BCUT2D eigenvalue weighted by Gasteiger charge is -2.14. The molecule has 0 unspecified atom stereocenters. The summed E-state index contributed by atoms with van der Waals surface area (Å²) in [4.78, 5) is 11.9. The second-order valence-corrected chi connectivity index (χ2v) is 5.47. The molecule has 1 aromatic heterocycles. The van der Waals surface area contributed by atoms with Gasteiger partial charge in [0, 0.05) is 17.2 Å². The molecule has 2 aromatic rings. The number of hydrogen-bond acceptors (Lipinski definition) is 2. The number of anilines is 1. The Morgan fingerprint density at radius 1 is 1.30 bits per heavy atom. The van der Waals surface area contributed by atoms with E-state index in [1.165, 1.54) is 12.1 Å². The Bertz CT molecular complexity index is 644. The van der Waals surface area contributed by atoms with Gasteiger partial charge in [0.1, 0.15) is 0 Å². The number of nitrogens with one attached hydrogen (secondary N) is 2. The van der Waals surface area contributed by atoms with Crippen LogP contribution in [0.5, 0.6) is 0 Å². The lowest BCUT2D eigenvalue weighted by molar-refractivity contribution is 0.102. The largest absolute Gasteiger partial charge is 0.305 e. The fourth-order valence-corrected chi connectivity index (χ4v) is 1.63. The van der Waals surface area contributed by atoms with E-state index >= 15 is 0 Å². The van der Waals surface area contributed by atoms with Crippen molar-refractivity contribution in [1.29, 1.82) is 0 Å². The SMILES string of the molecule is CC(C)(C)c1cc(NC(=O)c2cccc(F)c2F)n[nH]1. The van der Waals surface area contributed by atoms with E-state index in [-0.39, 0.29) is 16.8 Å². The smallest absolute Gasteiger partial charge is 0.259 e. The molecule has 0 radical (unpaired) electrons. The molecular weight excluding hydrogens is 264 g/mol. The number of hydrogen-bond donors (Lipinski definition) is 2. The summed E-state index contributed by atoms with van der Waals surface area (Å²) in [5.74, 6) is -2.70. The van der Waals surface area contributed by atoms with Gasteiger partial charge >= 0.3 is 0 Å². The third kappa shape index (κ3) is 2.84. The monoisotopic (exact) mass is 279 g/mol. The summed E-state index contributed by atoms with van der Waals surface area (Å²) in [6.45, 7) is 5.95. The number of H-pyrrole nitrogens is 1. The second-order valence-electron chi connectivity index (χ2n) is 5.47. The first-order valence-corrected chi connectivity index (χ1v) is 6.10. The maximum atomic E-state index is 13.5. The predicted molar refractivity (Wildman–Crippen MR) is 71.6 cm³/mol. The zero-order valence-corrected chi connectivity index (χ0v) is 11.4. The Morgan fingerprint density at radius 3 is 2.60 bits per heavy atom. The summed E-state index contributed by atoms with van der Waals surface area (Å²) in [5.41, 5.74) is 0.318. The van der Waals surface area contributed by atoms with E-state index < -0.39 is 17.5 Å². The van der Waals surface area contributed by atoms with Gasteiger partial charge in [-0.25, -0.2) is 8.78 Å². The van der Waals surface area contributed by atoms with Gasteiger partial charge in [-0.3, -0.25) is 9.89 Å². The average Bonchev–Trinajstić information content (AvgIpc) is 2.81. The van der Waals surface area contributed by atoms with Crippen LogP contribution in [0.3, 0.4) is 0 Å². The van der Waals surface area contributed by atoms with Crippen molar-refractivity contribution in [2.75, 3.05) is 5.32 Å². The van der Waals surface area contributed by atoms with E-state index in [0.29, 0.717) is 0 Å².